The first-order valence-electron chi connectivity index (χ1n) is 11.0. The summed E-state index contributed by atoms with van der Waals surface area (Å²) in [6, 6.07) is 15.8. The lowest BCUT2D eigenvalue weighted by atomic mass is 10.0. The smallest absolute Gasteiger partial charge is 0.335 e. The second-order valence-corrected chi connectivity index (χ2v) is 8.59. The van der Waals surface area contributed by atoms with E-state index in [9.17, 15) is 9.90 Å². The van der Waals surface area contributed by atoms with Crippen LogP contribution in [-0.4, -0.2) is 36.2 Å². The number of hydrogen-bond acceptors (Lipinski definition) is 4. The number of nitrogens with zero attached hydrogens (tertiary/aromatic N) is 4. The van der Waals surface area contributed by atoms with Gasteiger partial charge in [0.1, 0.15) is 0 Å². The van der Waals surface area contributed by atoms with Crippen molar-refractivity contribution in [3.63, 3.8) is 0 Å². The number of carboxylic acids is 1. The molecule has 4 aromatic rings. The maximum Gasteiger partial charge on any atom is 0.335 e. The van der Waals surface area contributed by atoms with Crippen molar-refractivity contribution in [3.8, 4) is 11.3 Å². The topological polar surface area (TPSA) is 82.2 Å². The molecular formula is C25H29ClN4O3S. The average molecular weight is 501 g/mol. The molecule has 34 heavy (non-hydrogen) atoms. The minimum absolute atomic E-state index is 0. The third-order valence-electron chi connectivity index (χ3n) is 6.01. The number of rotatable bonds is 9. The van der Waals surface area contributed by atoms with Gasteiger partial charge in [0.2, 0.25) is 0 Å². The molecule has 2 aromatic heterocycles. The summed E-state index contributed by atoms with van der Waals surface area (Å²) in [4.78, 5) is 11.6. The van der Waals surface area contributed by atoms with E-state index in [1.165, 1.54) is 0 Å². The fourth-order valence-electron chi connectivity index (χ4n) is 3.71. The zero-order chi connectivity index (χ0) is 23.6. The molecule has 9 heteroatoms. The number of fused-ring (bicyclic) bond motifs is 1. The molecule has 2 heterocycles. The van der Waals surface area contributed by atoms with E-state index >= 15 is 0 Å². The molecule has 0 aliphatic rings. The van der Waals surface area contributed by atoms with Gasteiger partial charge in [0.25, 0.3) is 0 Å². The van der Waals surface area contributed by atoms with Crippen LogP contribution in [0.2, 0.25) is 5.02 Å². The number of aliphatic carboxylic acids is 1. The van der Waals surface area contributed by atoms with Crippen LogP contribution in [0, 0.1) is 0 Å². The van der Waals surface area contributed by atoms with Crippen LogP contribution in [0.1, 0.15) is 38.4 Å². The standard InChI is InChI=1S/C25H27ClN4O3.H2S/c1-4-25(3,24(31)32)33-16-20-13-23(30(28-20)15-19-8-6-7-9-21(19)26)17-10-11-18-14-27-29(5-2)22(18)12-17;/h6-14H,4-5,15-16H2,1-3H3,(H,31,32);1H2/t25-;/m0./s1. The highest BCUT2D eigenvalue weighted by Crippen LogP contribution is 2.28. The summed E-state index contributed by atoms with van der Waals surface area (Å²) in [6.07, 6.45) is 2.22. The van der Waals surface area contributed by atoms with E-state index < -0.39 is 11.6 Å². The van der Waals surface area contributed by atoms with Crippen molar-refractivity contribution in [3.05, 3.63) is 71.0 Å². The molecular weight excluding hydrogens is 472 g/mol. The number of aromatic nitrogens is 4. The first kappa shape index (κ1) is 25.8. The van der Waals surface area contributed by atoms with E-state index in [-0.39, 0.29) is 20.1 Å². The summed E-state index contributed by atoms with van der Waals surface area (Å²) >= 11 is 6.41. The van der Waals surface area contributed by atoms with Crippen LogP contribution in [0.25, 0.3) is 22.2 Å². The van der Waals surface area contributed by atoms with E-state index in [4.69, 9.17) is 21.4 Å². The minimum atomic E-state index is -1.26. The Morgan fingerprint density at radius 2 is 1.91 bits per heavy atom. The molecule has 0 unspecified atom stereocenters. The Labute approximate surface area is 210 Å². The minimum Gasteiger partial charge on any atom is -0.479 e. The fourth-order valence-corrected chi connectivity index (χ4v) is 3.91. The maximum atomic E-state index is 11.6. The molecule has 2 aromatic carbocycles. The van der Waals surface area contributed by atoms with Gasteiger partial charge >= 0.3 is 5.97 Å². The lowest BCUT2D eigenvalue weighted by molar-refractivity contribution is -0.165. The van der Waals surface area contributed by atoms with Gasteiger partial charge in [-0.2, -0.15) is 23.7 Å². The third kappa shape index (κ3) is 5.14. The Hall–Kier alpha value is -2.81. The molecule has 0 amide bonds. The van der Waals surface area contributed by atoms with Crippen LogP contribution in [0.15, 0.2) is 54.7 Å². The number of carboxylic acid groups (broad SMARTS) is 1. The molecule has 7 nitrogen and oxygen atoms in total. The Morgan fingerprint density at radius 3 is 2.59 bits per heavy atom. The zero-order valence-corrected chi connectivity index (χ0v) is 21.2. The first-order valence-corrected chi connectivity index (χ1v) is 11.4. The van der Waals surface area contributed by atoms with Crippen LogP contribution < -0.4 is 0 Å². The lowest BCUT2D eigenvalue weighted by Gasteiger charge is -2.22. The predicted molar refractivity (Wildman–Crippen MR) is 139 cm³/mol. The van der Waals surface area contributed by atoms with Crippen molar-refractivity contribution >= 4 is 42.0 Å². The van der Waals surface area contributed by atoms with Crippen LogP contribution in [0.5, 0.6) is 0 Å². The maximum absolute atomic E-state index is 11.6. The molecule has 0 spiro atoms. The summed E-state index contributed by atoms with van der Waals surface area (Å²) in [7, 11) is 0. The van der Waals surface area contributed by atoms with Crippen molar-refractivity contribution in [2.75, 3.05) is 0 Å². The van der Waals surface area contributed by atoms with Crippen molar-refractivity contribution in [2.45, 2.75) is 52.5 Å². The molecule has 0 saturated carbocycles. The Balaban J connectivity index is 0.00000324. The van der Waals surface area contributed by atoms with Gasteiger partial charge in [0.15, 0.2) is 5.60 Å². The summed E-state index contributed by atoms with van der Waals surface area (Å²) in [6.45, 7) is 6.77. The third-order valence-corrected chi connectivity index (χ3v) is 6.38. The largest absolute Gasteiger partial charge is 0.479 e. The predicted octanol–water partition coefficient (Wildman–Crippen LogP) is 5.50. The van der Waals surface area contributed by atoms with E-state index in [0.717, 1.165) is 34.3 Å². The zero-order valence-electron chi connectivity index (χ0n) is 19.5. The van der Waals surface area contributed by atoms with Crippen LogP contribution in [-0.2, 0) is 29.2 Å². The van der Waals surface area contributed by atoms with Crippen LogP contribution >= 0.6 is 25.1 Å². The number of benzene rings is 2. The summed E-state index contributed by atoms with van der Waals surface area (Å²) < 4.78 is 9.63. The molecule has 1 N–H and O–H groups in total. The normalized spacial score (nSPS) is 12.9. The van der Waals surface area contributed by atoms with Gasteiger partial charge in [-0.15, -0.1) is 0 Å². The van der Waals surface area contributed by atoms with Crippen LogP contribution in [0.3, 0.4) is 0 Å². The van der Waals surface area contributed by atoms with Crippen molar-refractivity contribution in [1.82, 2.24) is 19.6 Å². The molecule has 0 radical (unpaired) electrons. The van der Waals surface area contributed by atoms with E-state index in [1.807, 2.05) is 58.0 Å². The monoisotopic (exact) mass is 500 g/mol. The SMILES string of the molecule is CCn1ncc2ccc(-c3cc(CO[C@@](C)(CC)C(=O)O)nn3Cc3ccccc3Cl)cc21.S. The number of ether oxygens (including phenoxy) is 1. The quantitative estimate of drug-likeness (QED) is 0.328. The van der Waals surface area contributed by atoms with Gasteiger partial charge in [-0.05, 0) is 44.0 Å². The van der Waals surface area contributed by atoms with Gasteiger partial charge in [-0.1, -0.05) is 48.9 Å². The number of aryl methyl sites for hydroxylation is 1. The molecule has 4 rings (SSSR count). The summed E-state index contributed by atoms with van der Waals surface area (Å²) in [5.74, 6) is -0.987. The van der Waals surface area contributed by atoms with Crippen molar-refractivity contribution in [1.29, 1.82) is 0 Å². The van der Waals surface area contributed by atoms with Gasteiger partial charge < -0.3 is 9.84 Å². The van der Waals surface area contributed by atoms with E-state index in [0.29, 0.717) is 23.7 Å². The fraction of sp³-hybridized carbons (Fsp3) is 0.320. The molecule has 0 aliphatic heterocycles. The lowest BCUT2D eigenvalue weighted by Crippen LogP contribution is -2.37. The molecule has 0 bridgehead atoms. The van der Waals surface area contributed by atoms with Crippen molar-refractivity contribution < 1.29 is 14.6 Å². The molecule has 1 atom stereocenters. The van der Waals surface area contributed by atoms with Gasteiger partial charge in [0.05, 0.1) is 36.3 Å². The number of carbonyl (C=O) groups is 1. The Morgan fingerprint density at radius 1 is 1.15 bits per heavy atom. The number of halogens is 1. The second-order valence-electron chi connectivity index (χ2n) is 8.18. The highest BCUT2D eigenvalue weighted by atomic mass is 35.5. The summed E-state index contributed by atoms with van der Waals surface area (Å²) in [5.41, 5.74) is 3.26. The summed E-state index contributed by atoms with van der Waals surface area (Å²) in [5, 5.41) is 20.5. The Kier molecular flexibility index (Phi) is 8.07. The number of hydrogen-bond donors (Lipinski definition) is 1. The first-order chi connectivity index (χ1) is 15.8. The molecule has 0 aliphatic carbocycles. The van der Waals surface area contributed by atoms with Crippen molar-refractivity contribution in [2.24, 2.45) is 0 Å². The highest BCUT2D eigenvalue weighted by Gasteiger charge is 2.32. The van der Waals surface area contributed by atoms with Gasteiger partial charge in [-0.3, -0.25) is 9.36 Å². The highest BCUT2D eigenvalue weighted by molar-refractivity contribution is 7.59. The molecule has 180 valence electrons. The molecule has 0 saturated heterocycles. The Bertz CT molecular complexity index is 1300. The molecule has 0 fully saturated rings. The average Bonchev–Trinajstić information content (AvgIpc) is 3.42. The van der Waals surface area contributed by atoms with E-state index in [2.05, 4.69) is 18.1 Å². The van der Waals surface area contributed by atoms with Gasteiger partial charge in [-0.25, -0.2) is 4.79 Å². The van der Waals surface area contributed by atoms with Crippen LogP contribution in [0.4, 0.5) is 0 Å². The second kappa shape index (κ2) is 10.6. The van der Waals surface area contributed by atoms with E-state index in [1.54, 1.807) is 13.8 Å². The van der Waals surface area contributed by atoms with Gasteiger partial charge in [0, 0.05) is 22.5 Å².